The lowest BCUT2D eigenvalue weighted by atomic mass is 10.0. The van der Waals surface area contributed by atoms with Crippen LogP contribution < -0.4 is 5.32 Å². The molecule has 0 aliphatic rings. The number of allylic oxidation sites excluding steroid dienone is 7. The largest absolute Gasteiger partial charge is 0.466 e. The van der Waals surface area contributed by atoms with Crippen molar-refractivity contribution < 1.29 is 24.5 Å². The van der Waals surface area contributed by atoms with Gasteiger partial charge in [0.1, 0.15) is 0 Å². The van der Waals surface area contributed by atoms with Crippen LogP contribution in [0.25, 0.3) is 0 Å². The van der Waals surface area contributed by atoms with Crippen molar-refractivity contribution in [2.75, 3.05) is 13.2 Å². The molecule has 6 heteroatoms. The van der Waals surface area contributed by atoms with Crippen LogP contribution in [-0.4, -0.2) is 47.4 Å². The molecule has 0 rings (SSSR count). The third-order valence-electron chi connectivity index (χ3n) is 14.6. The molecule has 0 radical (unpaired) electrons. The summed E-state index contributed by atoms with van der Waals surface area (Å²) in [6, 6.07) is -0.647. The summed E-state index contributed by atoms with van der Waals surface area (Å²) in [5.74, 6) is -0.118. The maximum Gasteiger partial charge on any atom is 0.305 e. The molecule has 2 unspecified atom stereocenters. The van der Waals surface area contributed by atoms with Gasteiger partial charge < -0.3 is 20.3 Å². The zero-order valence-corrected chi connectivity index (χ0v) is 48.2. The Kier molecular flexibility index (Phi) is 59.5. The van der Waals surface area contributed by atoms with Crippen molar-refractivity contribution in [1.82, 2.24) is 5.32 Å². The van der Waals surface area contributed by atoms with Gasteiger partial charge in [-0.05, 0) is 89.9 Å². The SMILES string of the molecule is CCCCCCCCC/C=C\CCCCCCCC(=O)OCCCCC/C=C\C=C/CCCCCCCCC(=O)NC(CO)C(O)/C=C/CCCCCCCCCCCCCCCCCCCCCCCC. The Balaban J connectivity index is 3.54. The van der Waals surface area contributed by atoms with Gasteiger partial charge in [0, 0.05) is 12.8 Å². The second-order valence-corrected chi connectivity index (χ2v) is 21.8. The van der Waals surface area contributed by atoms with Crippen LogP contribution in [0.15, 0.2) is 48.6 Å². The van der Waals surface area contributed by atoms with E-state index in [1.165, 1.54) is 231 Å². The Bertz CT molecular complexity index is 1210. The first kappa shape index (κ1) is 69.8. The highest BCUT2D eigenvalue weighted by atomic mass is 16.5. The molecule has 0 bridgehead atoms. The number of aliphatic hydroxyl groups excluding tert-OH is 2. The summed E-state index contributed by atoms with van der Waals surface area (Å²) in [6.07, 6.45) is 78.7. The minimum absolute atomic E-state index is 0.0300. The third-order valence-corrected chi connectivity index (χ3v) is 14.6. The fraction of sp³-hybridized carbons (Fsp3) is 0.848. The second kappa shape index (κ2) is 61.4. The molecular weight excluding hydrogens is 887 g/mol. The van der Waals surface area contributed by atoms with Crippen LogP contribution in [0.3, 0.4) is 0 Å². The fourth-order valence-corrected chi connectivity index (χ4v) is 9.68. The number of esters is 1. The van der Waals surface area contributed by atoms with Crippen LogP contribution in [-0.2, 0) is 14.3 Å². The Hall–Kier alpha value is -2.18. The van der Waals surface area contributed by atoms with Crippen LogP contribution in [0.1, 0.15) is 335 Å². The van der Waals surface area contributed by atoms with Gasteiger partial charge in [-0.1, -0.05) is 281 Å². The first-order valence-corrected chi connectivity index (χ1v) is 31.9. The molecule has 2 atom stereocenters. The van der Waals surface area contributed by atoms with E-state index in [2.05, 4.69) is 55.6 Å². The Morgan fingerprint density at radius 2 is 0.694 bits per heavy atom. The molecule has 0 aromatic carbocycles. The Morgan fingerprint density at radius 3 is 1.07 bits per heavy atom. The van der Waals surface area contributed by atoms with Crippen LogP contribution >= 0.6 is 0 Å². The van der Waals surface area contributed by atoms with Gasteiger partial charge in [-0.3, -0.25) is 9.59 Å². The summed E-state index contributed by atoms with van der Waals surface area (Å²) < 4.78 is 5.45. The van der Waals surface area contributed by atoms with Crippen molar-refractivity contribution in [3.05, 3.63) is 48.6 Å². The van der Waals surface area contributed by atoms with E-state index in [9.17, 15) is 19.8 Å². The van der Waals surface area contributed by atoms with E-state index in [-0.39, 0.29) is 18.5 Å². The number of hydrogen-bond donors (Lipinski definition) is 3. The van der Waals surface area contributed by atoms with E-state index >= 15 is 0 Å². The van der Waals surface area contributed by atoms with Crippen molar-refractivity contribution in [3.8, 4) is 0 Å². The number of hydrogen-bond acceptors (Lipinski definition) is 5. The summed E-state index contributed by atoms with van der Waals surface area (Å²) >= 11 is 0. The molecule has 3 N–H and O–H groups in total. The molecule has 0 saturated carbocycles. The maximum atomic E-state index is 12.5. The second-order valence-electron chi connectivity index (χ2n) is 21.8. The maximum absolute atomic E-state index is 12.5. The van der Waals surface area contributed by atoms with E-state index in [1.54, 1.807) is 6.08 Å². The van der Waals surface area contributed by atoms with Gasteiger partial charge in [0.25, 0.3) is 0 Å². The van der Waals surface area contributed by atoms with Crippen molar-refractivity contribution in [1.29, 1.82) is 0 Å². The molecule has 72 heavy (non-hydrogen) atoms. The molecule has 1 amide bonds. The summed E-state index contributed by atoms with van der Waals surface area (Å²) in [6.45, 7) is 4.86. The van der Waals surface area contributed by atoms with Gasteiger partial charge in [0.15, 0.2) is 0 Å². The predicted molar refractivity (Wildman–Crippen MR) is 315 cm³/mol. The quantitative estimate of drug-likeness (QED) is 0.0244. The Labute approximate surface area is 448 Å². The number of amides is 1. The summed E-state index contributed by atoms with van der Waals surface area (Å²) in [7, 11) is 0. The molecule has 0 aliphatic carbocycles. The van der Waals surface area contributed by atoms with Crippen LogP contribution in [0.2, 0.25) is 0 Å². The molecule has 6 nitrogen and oxygen atoms in total. The number of aliphatic hydroxyl groups is 2. The molecule has 0 saturated heterocycles. The van der Waals surface area contributed by atoms with Gasteiger partial charge in [0.2, 0.25) is 5.91 Å². The topological polar surface area (TPSA) is 95.9 Å². The molecule has 0 spiro atoms. The van der Waals surface area contributed by atoms with E-state index in [1.807, 2.05) is 6.08 Å². The molecule has 422 valence electrons. The van der Waals surface area contributed by atoms with Crippen molar-refractivity contribution in [2.24, 2.45) is 0 Å². The van der Waals surface area contributed by atoms with E-state index in [4.69, 9.17) is 4.74 Å². The number of unbranched alkanes of at least 4 members (excludes halogenated alkanes) is 43. The van der Waals surface area contributed by atoms with Gasteiger partial charge in [0.05, 0.1) is 25.4 Å². The van der Waals surface area contributed by atoms with Gasteiger partial charge >= 0.3 is 5.97 Å². The summed E-state index contributed by atoms with van der Waals surface area (Å²) in [5, 5.41) is 23.2. The van der Waals surface area contributed by atoms with Crippen LogP contribution in [0.5, 0.6) is 0 Å². The first-order valence-electron chi connectivity index (χ1n) is 31.9. The first-order chi connectivity index (χ1) is 35.5. The average molecular weight is 1010 g/mol. The number of rotatable bonds is 59. The van der Waals surface area contributed by atoms with Crippen LogP contribution in [0, 0.1) is 0 Å². The molecular formula is C66H123NO5. The lowest BCUT2D eigenvalue weighted by molar-refractivity contribution is -0.143. The normalized spacial score (nSPS) is 12.9. The third kappa shape index (κ3) is 57.1. The minimum atomic E-state index is -0.861. The number of ether oxygens (including phenoxy) is 1. The lowest BCUT2D eigenvalue weighted by Gasteiger charge is -2.20. The van der Waals surface area contributed by atoms with Crippen molar-refractivity contribution >= 4 is 11.9 Å². The minimum Gasteiger partial charge on any atom is -0.466 e. The van der Waals surface area contributed by atoms with Crippen molar-refractivity contribution in [3.63, 3.8) is 0 Å². The van der Waals surface area contributed by atoms with Gasteiger partial charge in [-0.15, -0.1) is 0 Å². The van der Waals surface area contributed by atoms with Crippen molar-refractivity contribution in [2.45, 2.75) is 347 Å². The highest BCUT2D eigenvalue weighted by Gasteiger charge is 2.18. The van der Waals surface area contributed by atoms with E-state index in [0.717, 1.165) is 77.0 Å². The number of carbonyl (C=O) groups is 2. The molecule has 0 fully saturated rings. The lowest BCUT2D eigenvalue weighted by Crippen LogP contribution is -2.45. The summed E-state index contributed by atoms with van der Waals surface area (Å²) in [5.41, 5.74) is 0. The highest BCUT2D eigenvalue weighted by molar-refractivity contribution is 5.76. The predicted octanol–water partition coefficient (Wildman–Crippen LogP) is 20.1. The smallest absolute Gasteiger partial charge is 0.305 e. The molecule has 0 aliphatic heterocycles. The number of carbonyl (C=O) groups excluding carboxylic acids is 2. The molecule has 0 aromatic heterocycles. The zero-order valence-electron chi connectivity index (χ0n) is 48.2. The van der Waals surface area contributed by atoms with Gasteiger partial charge in [-0.2, -0.15) is 0 Å². The molecule has 0 heterocycles. The monoisotopic (exact) mass is 1010 g/mol. The summed E-state index contributed by atoms with van der Waals surface area (Å²) in [4.78, 5) is 24.6. The number of nitrogens with one attached hydrogen (secondary N) is 1. The zero-order chi connectivity index (χ0) is 52.2. The fourth-order valence-electron chi connectivity index (χ4n) is 9.68. The van der Waals surface area contributed by atoms with E-state index in [0.29, 0.717) is 19.4 Å². The van der Waals surface area contributed by atoms with E-state index < -0.39 is 12.1 Å². The highest BCUT2D eigenvalue weighted by Crippen LogP contribution is 2.17. The average Bonchev–Trinajstić information content (AvgIpc) is 3.38. The van der Waals surface area contributed by atoms with Crippen LogP contribution in [0.4, 0.5) is 0 Å². The van der Waals surface area contributed by atoms with Gasteiger partial charge in [-0.25, -0.2) is 0 Å². The standard InChI is InChI=1S/C66H123NO5/c1-3-5-7-9-11-13-15-17-19-21-22-23-24-25-26-27-28-30-34-38-42-46-50-54-58-64(69)63(62-68)67-65(70)59-55-51-47-43-39-35-31-29-33-37-41-45-49-53-57-61-72-66(71)60-56-52-48-44-40-36-32-20-18-16-14-12-10-8-6-4-2/h20,29,32-33,37,41,54,58,63-64,68-69H,3-19,21-28,30-31,34-36,38-40,42-53,55-57,59-62H2,1-2H3,(H,67,70)/b32-20-,33-29-,41-37-,58-54+. The molecule has 0 aromatic rings. The Morgan fingerprint density at radius 1 is 0.389 bits per heavy atom.